The topological polar surface area (TPSA) is 54.5 Å². The molecular weight excluding hydrogens is 354 g/mol. The number of nitrogens with one attached hydrogen (secondary N) is 1. The zero-order valence-electron chi connectivity index (χ0n) is 14.6. The summed E-state index contributed by atoms with van der Waals surface area (Å²) < 4.78 is 5.71. The Balaban J connectivity index is 1.47. The third-order valence-electron chi connectivity index (χ3n) is 4.20. The molecule has 0 saturated carbocycles. The van der Waals surface area contributed by atoms with Crippen LogP contribution in [-0.2, 0) is 17.7 Å². The lowest BCUT2D eigenvalue weighted by Gasteiger charge is -2.25. The first kappa shape index (κ1) is 18.4. The van der Waals surface area contributed by atoms with Crippen molar-refractivity contribution >= 4 is 28.7 Å². The SMILES string of the molecule is Cc1csc(CCCNC(=O)N(Cc2ccsc2)C[C@@H]2CCCO2)n1. The number of nitrogens with zero attached hydrogens (tertiary/aromatic N) is 2. The zero-order valence-corrected chi connectivity index (χ0v) is 16.2. The van der Waals surface area contributed by atoms with Crippen LogP contribution in [0.4, 0.5) is 4.79 Å². The van der Waals surface area contributed by atoms with Gasteiger partial charge in [0.2, 0.25) is 0 Å². The van der Waals surface area contributed by atoms with Crippen molar-refractivity contribution in [1.82, 2.24) is 15.2 Å². The van der Waals surface area contributed by atoms with Gasteiger partial charge in [-0.2, -0.15) is 11.3 Å². The molecule has 1 N–H and O–H groups in total. The summed E-state index contributed by atoms with van der Waals surface area (Å²) in [6, 6.07) is 2.07. The normalized spacial score (nSPS) is 16.9. The van der Waals surface area contributed by atoms with E-state index >= 15 is 0 Å². The molecule has 3 heterocycles. The molecule has 25 heavy (non-hydrogen) atoms. The number of aromatic nitrogens is 1. The average molecular weight is 380 g/mol. The van der Waals surface area contributed by atoms with Gasteiger partial charge in [-0.1, -0.05) is 0 Å². The minimum absolute atomic E-state index is 0.00276. The molecule has 0 spiro atoms. The molecule has 2 aromatic rings. The van der Waals surface area contributed by atoms with Gasteiger partial charge >= 0.3 is 6.03 Å². The second-order valence-corrected chi connectivity index (χ2v) is 8.09. The van der Waals surface area contributed by atoms with Crippen LogP contribution in [0.15, 0.2) is 22.2 Å². The Labute approximate surface area is 157 Å². The van der Waals surface area contributed by atoms with E-state index in [1.54, 1.807) is 22.7 Å². The largest absolute Gasteiger partial charge is 0.376 e. The van der Waals surface area contributed by atoms with E-state index in [9.17, 15) is 4.79 Å². The summed E-state index contributed by atoms with van der Waals surface area (Å²) >= 11 is 3.35. The molecule has 5 nitrogen and oxygen atoms in total. The second kappa shape index (κ2) is 9.31. The maximum Gasteiger partial charge on any atom is 0.317 e. The van der Waals surface area contributed by atoms with Gasteiger partial charge < -0.3 is 15.0 Å². The third-order valence-corrected chi connectivity index (χ3v) is 5.96. The molecule has 0 bridgehead atoms. The van der Waals surface area contributed by atoms with Crippen molar-refractivity contribution < 1.29 is 9.53 Å². The van der Waals surface area contributed by atoms with Gasteiger partial charge in [-0.15, -0.1) is 11.3 Å². The number of amides is 2. The number of hydrogen-bond donors (Lipinski definition) is 1. The first-order valence-electron chi connectivity index (χ1n) is 8.77. The van der Waals surface area contributed by atoms with Gasteiger partial charge in [-0.3, -0.25) is 0 Å². The van der Waals surface area contributed by atoms with Gasteiger partial charge in [-0.25, -0.2) is 9.78 Å². The van der Waals surface area contributed by atoms with E-state index in [0.717, 1.165) is 43.0 Å². The molecule has 0 aromatic carbocycles. The maximum atomic E-state index is 12.6. The molecule has 0 aliphatic carbocycles. The Bertz CT molecular complexity index is 651. The molecule has 3 rings (SSSR count). The number of rotatable bonds is 8. The van der Waals surface area contributed by atoms with Gasteiger partial charge in [0.1, 0.15) is 0 Å². The predicted molar refractivity (Wildman–Crippen MR) is 102 cm³/mol. The van der Waals surface area contributed by atoms with Crippen LogP contribution >= 0.6 is 22.7 Å². The molecule has 1 fully saturated rings. The minimum Gasteiger partial charge on any atom is -0.376 e. The summed E-state index contributed by atoms with van der Waals surface area (Å²) in [5.41, 5.74) is 2.25. The van der Waals surface area contributed by atoms with Crippen molar-refractivity contribution in [3.63, 3.8) is 0 Å². The van der Waals surface area contributed by atoms with Crippen molar-refractivity contribution in [3.05, 3.63) is 38.5 Å². The second-order valence-electron chi connectivity index (χ2n) is 6.37. The van der Waals surface area contributed by atoms with Crippen LogP contribution in [0.25, 0.3) is 0 Å². The highest BCUT2D eigenvalue weighted by Crippen LogP contribution is 2.16. The van der Waals surface area contributed by atoms with E-state index in [0.29, 0.717) is 19.6 Å². The number of urea groups is 1. The van der Waals surface area contributed by atoms with E-state index < -0.39 is 0 Å². The van der Waals surface area contributed by atoms with E-state index in [4.69, 9.17) is 4.74 Å². The van der Waals surface area contributed by atoms with Crippen LogP contribution in [0.1, 0.15) is 35.5 Å². The standard InChI is InChI=1S/C18H25N3O2S2/c1-14-12-25-17(20-14)5-2-7-19-18(22)21(10-15-6-9-24-13-15)11-16-4-3-8-23-16/h6,9,12-13,16H,2-5,7-8,10-11H2,1H3,(H,19,22)/t16-/m0/s1. The molecule has 1 atom stereocenters. The maximum absolute atomic E-state index is 12.6. The fourth-order valence-electron chi connectivity index (χ4n) is 2.92. The smallest absolute Gasteiger partial charge is 0.317 e. The zero-order chi connectivity index (χ0) is 17.5. The fraction of sp³-hybridized carbons (Fsp3) is 0.556. The highest BCUT2D eigenvalue weighted by molar-refractivity contribution is 7.09. The Morgan fingerprint density at radius 3 is 3.08 bits per heavy atom. The number of carbonyl (C=O) groups excluding carboxylic acids is 1. The summed E-state index contributed by atoms with van der Waals surface area (Å²) in [7, 11) is 0. The molecular formula is C18H25N3O2S2. The van der Waals surface area contributed by atoms with Gasteiger partial charge in [0, 0.05) is 43.7 Å². The van der Waals surface area contributed by atoms with Crippen LogP contribution in [0.3, 0.4) is 0 Å². The summed E-state index contributed by atoms with van der Waals surface area (Å²) in [6.07, 6.45) is 4.12. The first-order chi connectivity index (χ1) is 12.2. The first-order valence-corrected chi connectivity index (χ1v) is 10.6. The molecule has 1 aliphatic heterocycles. The van der Waals surface area contributed by atoms with Crippen molar-refractivity contribution in [2.24, 2.45) is 0 Å². The molecule has 2 amide bonds. The summed E-state index contributed by atoms with van der Waals surface area (Å²) in [6.45, 7) is 4.79. The van der Waals surface area contributed by atoms with Crippen LogP contribution in [0.5, 0.6) is 0 Å². The third kappa shape index (κ3) is 5.80. The van der Waals surface area contributed by atoms with E-state index in [2.05, 4.69) is 27.1 Å². The Kier molecular flexibility index (Phi) is 6.84. The van der Waals surface area contributed by atoms with Gasteiger partial charge in [0.15, 0.2) is 0 Å². The average Bonchev–Trinajstić information content (AvgIpc) is 3.34. The highest BCUT2D eigenvalue weighted by Gasteiger charge is 2.22. The van der Waals surface area contributed by atoms with E-state index in [-0.39, 0.29) is 12.1 Å². The number of thiazole rings is 1. The monoisotopic (exact) mass is 379 g/mol. The summed E-state index contributed by atoms with van der Waals surface area (Å²) in [5, 5.41) is 10.4. The van der Waals surface area contributed by atoms with E-state index in [1.165, 1.54) is 5.56 Å². The fourth-order valence-corrected chi connectivity index (χ4v) is 4.40. The van der Waals surface area contributed by atoms with Crippen molar-refractivity contribution in [3.8, 4) is 0 Å². The number of thiophene rings is 1. The minimum atomic E-state index is -0.00276. The van der Waals surface area contributed by atoms with Crippen molar-refractivity contribution in [2.45, 2.75) is 45.3 Å². The number of aryl methyl sites for hydroxylation is 2. The quantitative estimate of drug-likeness (QED) is 0.709. The lowest BCUT2D eigenvalue weighted by molar-refractivity contribution is 0.0795. The molecule has 1 saturated heterocycles. The lowest BCUT2D eigenvalue weighted by Crippen LogP contribution is -2.43. The van der Waals surface area contributed by atoms with Gasteiger partial charge in [0.05, 0.1) is 11.1 Å². The molecule has 2 aromatic heterocycles. The van der Waals surface area contributed by atoms with Gasteiger partial charge in [0.25, 0.3) is 0 Å². The Hall–Kier alpha value is -1.44. The summed E-state index contributed by atoms with van der Waals surface area (Å²) in [5.74, 6) is 0. The van der Waals surface area contributed by atoms with Crippen molar-refractivity contribution in [2.75, 3.05) is 19.7 Å². The van der Waals surface area contributed by atoms with Crippen LogP contribution in [-0.4, -0.2) is 41.7 Å². The highest BCUT2D eigenvalue weighted by atomic mass is 32.1. The van der Waals surface area contributed by atoms with Crippen LogP contribution in [0.2, 0.25) is 0 Å². The molecule has 136 valence electrons. The Morgan fingerprint density at radius 2 is 2.40 bits per heavy atom. The number of hydrogen-bond acceptors (Lipinski definition) is 5. The van der Waals surface area contributed by atoms with E-state index in [1.807, 2.05) is 17.2 Å². The molecule has 7 heteroatoms. The van der Waals surface area contributed by atoms with Crippen molar-refractivity contribution in [1.29, 1.82) is 0 Å². The predicted octanol–water partition coefficient (Wildman–Crippen LogP) is 3.84. The molecule has 0 radical (unpaired) electrons. The van der Waals surface area contributed by atoms with Gasteiger partial charge in [-0.05, 0) is 48.6 Å². The molecule has 1 aliphatic rings. The lowest BCUT2D eigenvalue weighted by atomic mass is 10.2. The number of ether oxygens (including phenoxy) is 1. The Morgan fingerprint density at radius 1 is 1.48 bits per heavy atom. The number of carbonyl (C=O) groups is 1. The van der Waals surface area contributed by atoms with Crippen LogP contribution < -0.4 is 5.32 Å². The molecule has 0 unspecified atom stereocenters. The van der Waals surface area contributed by atoms with Crippen LogP contribution in [0, 0.1) is 6.92 Å². The summed E-state index contributed by atoms with van der Waals surface area (Å²) in [4.78, 5) is 19.0.